The maximum Gasteiger partial charge on any atom is 0.271 e. The number of amides is 2. The van der Waals surface area contributed by atoms with Crippen LogP contribution in [-0.4, -0.2) is 32.9 Å². The fraction of sp³-hybridized carbons (Fsp3) is 0.417. The fourth-order valence-electron chi connectivity index (χ4n) is 4.89. The van der Waals surface area contributed by atoms with Crippen LogP contribution in [0, 0.1) is 6.92 Å². The van der Waals surface area contributed by atoms with Gasteiger partial charge in [0.25, 0.3) is 5.91 Å². The molecule has 2 aromatic heterocycles. The van der Waals surface area contributed by atoms with Gasteiger partial charge in [-0.3, -0.25) is 9.59 Å². The van der Waals surface area contributed by atoms with Gasteiger partial charge in [-0.25, -0.2) is 0 Å². The zero-order valence-electron chi connectivity index (χ0n) is 17.5. The largest absolute Gasteiger partial charge is 0.351 e. The molecule has 5 nitrogen and oxygen atoms in total. The first-order valence-electron chi connectivity index (χ1n) is 10.7. The van der Waals surface area contributed by atoms with E-state index in [2.05, 4.69) is 18.3 Å². The van der Waals surface area contributed by atoms with Crippen molar-refractivity contribution < 1.29 is 9.59 Å². The number of aromatic nitrogens is 1. The van der Waals surface area contributed by atoms with Crippen LogP contribution in [0.5, 0.6) is 0 Å². The van der Waals surface area contributed by atoms with Crippen LogP contribution < -0.4 is 5.32 Å². The molecule has 3 aromatic rings. The highest BCUT2D eigenvalue weighted by Crippen LogP contribution is 2.35. The summed E-state index contributed by atoms with van der Waals surface area (Å²) in [6, 6.07) is 12.3. The molecule has 6 heteroatoms. The van der Waals surface area contributed by atoms with Gasteiger partial charge in [-0.05, 0) is 55.3 Å². The summed E-state index contributed by atoms with van der Waals surface area (Å²) in [6.07, 6.45) is 4.36. The zero-order valence-corrected chi connectivity index (χ0v) is 18.3. The van der Waals surface area contributed by atoms with Gasteiger partial charge < -0.3 is 14.8 Å². The average molecular weight is 422 g/mol. The van der Waals surface area contributed by atoms with E-state index in [-0.39, 0.29) is 17.9 Å². The molecule has 2 amide bonds. The third-order valence-corrected chi connectivity index (χ3v) is 7.67. The van der Waals surface area contributed by atoms with Crippen LogP contribution in [0.3, 0.4) is 0 Å². The lowest BCUT2D eigenvalue weighted by molar-refractivity contribution is -0.133. The number of fused-ring (bicyclic) bond motifs is 3. The van der Waals surface area contributed by atoms with Crippen LogP contribution in [0.4, 0.5) is 0 Å². The van der Waals surface area contributed by atoms with Crippen molar-refractivity contribution in [2.75, 3.05) is 0 Å². The number of aryl methyl sites for hydroxylation is 1. The predicted molar refractivity (Wildman–Crippen MR) is 120 cm³/mol. The molecule has 0 unspecified atom stereocenters. The molecule has 1 aromatic carbocycles. The molecule has 156 valence electrons. The van der Waals surface area contributed by atoms with E-state index < -0.39 is 5.54 Å². The molecule has 3 heterocycles. The molecule has 30 heavy (non-hydrogen) atoms. The molecule has 1 aliphatic heterocycles. The average Bonchev–Trinajstić information content (AvgIpc) is 3.45. The Morgan fingerprint density at radius 2 is 2.00 bits per heavy atom. The van der Waals surface area contributed by atoms with Crippen LogP contribution in [0.2, 0.25) is 0 Å². The smallest absolute Gasteiger partial charge is 0.271 e. The van der Waals surface area contributed by atoms with Crippen LogP contribution in [-0.2, 0) is 17.9 Å². The summed E-state index contributed by atoms with van der Waals surface area (Å²) in [7, 11) is 0. The van der Waals surface area contributed by atoms with Gasteiger partial charge in [-0.1, -0.05) is 37.1 Å². The first kappa shape index (κ1) is 19.4. The lowest BCUT2D eigenvalue weighted by Gasteiger charge is -2.44. The monoisotopic (exact) mass is 421 g/mol. The number of rotatable bonds is 4. The SMILES string of the molecule is Cc1ccccc1CN1C(=O)c2cc3sccc3n2C[C@]1(C)C(=O)NC1CCCC1. The van der Waals surface area contributed by atoms with Crippen LogP contribution in [0.1, 0.15) is 54.2 Å². The van der Waals surface area contributed by atoms with E-state index >= 15 is 0 Å². The molecule has 2 aliphatic rings. The maximum absolute atomic E-state index is 13.7. The topological polar surface area (TPSA) is 54.3 Å². The van der Waals surface area contributed by atoms with Crippen LogP contribution in [0.25, 0.3) is 10.2 Å². The number of nitrogens with one attached hydrogen (secondary N) is 1. The molecule has 0 spiro atoms. The molecule has 1 N–H and O–H groups in total. The van der Waals surface area contributed by atoms with E-state index in [4.69, 9.17) is 0 Å². The summed E-state index contributed by atoms with van der Waals surface area (Å²) in [4.78, 5) is 29.1. The molecule has 1 aliphatic carbocycles. The van der Waals surface area contributed by atoms with Crippen molar-refractivity contribution >= 4 is 33.4 Å². The molecule has 1 fully saturated rings. The Bertz CT molecular complexity index is 1120. The minimum Gasteiger partial charge on any atom is -0.351 e. The lowest BCUT2D eigenvalue weighted by atomic mass is 9.93. The van der Waals surface area contributed by atoms with Gasteiger partial charge in [0.15, 0.2) is 0 Å². The molecule has 0 saturated heterocycles. The van der Waals surface area contributed by atoms with E-state index in [9.17, 15) is 9.59 Å². The zero-order chi connectivity index (χ0) is 20.9. The van der Waals surface area contributed by atoms with Gasteiger partial charge >= 0.3 is 0 Å². The number of benzene rings is 1. The Morgan fingerprint density at radius 3 is 2.77 bits per heavy atom. The van der Waals surface area contributed by atoms with Gasteiger partial charge in [0.1, 0.15) is 11.2 Å². The van der Waals surface area contributed by atoms with E-state index in [0.717, 1.165) is 47.0 Å². The molecule has 0 radical (unpaired) electrons. The minimum atomic E-state index is -0.942. The van der Waals surface area contributed by atoms with Crippen molar-refractivity contribution in [3.8, 4) is 0 Å². The Labute approximate surface area is 180 Å². The molecule has 5 rings (SSSR count). The highest BCUT2D eigenvalue weighted by atomic mass is 32.1. The second kappa shape index (κ2) is 7.27. The minimum absolute atomic E-state index is 0.0425. The van der Waals surface area contributed by atoms with Crippen molar-refractivity contribution in [1.29, 1.82) is 0 Å². The number of hydrogen-bond acceptors (Lipinski definition) is 3. The first-order valence-corrected chi connectivity index (χ1v) is 11.6. The standard InChI is InChI=1S/C24H27N3O2S/c1-16-7-3-4-8-17(16)14-27-22(28)20-13-21-19(11-12-30-21)26(20)15-24(27,2)23(29)25-18-9-5-6-10-18/h3-4,7-8,11-13,18H,5-6,9-10,14-15H2,1-2H3,(H,25,29)/t24-/m1/s1. The Kier molecular flexibility index (Phi) is 4.69. The Morgan fingerprint density at radius 1 is 1.23 bits per heavy atom. The molecule has 0 bridgehead atoms. The van der Waals surface area contributed by atoms with Crippen LogP contribution in [0.15, 0.2) is 41.8 Å². The highest BCUT2D eigenvalue weighted by Gasteiger charge is 2.48. The van der Waals surface area contributed by atoms with Crippen molar-refractivity contribution in [3.05, 3.63) is 58.6 Å². The second-order valence-electron chi connectivity index (χ2n) is 8.83. The van der Waals surface area contributed by atoms with Gasteiger partial charge in [0.2, 0.25) is 5.91 Å². The summed E-state index contributed by atoms with van der Waals surface area (Å²) in [5, 5.41) is 5.30. The van der Waals surface area contributed by atoms with Gasteiger partial charge in [0.05, 0.1) is 16.8 Å². The first-order chi connectivity index (χ1) is 14.5. The maximum atomic E-state index is 13.7. The Hall–Kier alpha value is -2.60. The normalized spacial score (nSPS) is 21.9. The van der Waals surface area contributed by atoms with E-state index in [0.29, 0.717) is 18.8 Å². The highest BCUT2D eigenvalue weighted by molar-refractivity contribution is 7.17. The molecular formula is C24H27N3O2S. The lowest BCUT2D eigenvalue weighted by Crippen LogP contribution is -2.64. The van der Waals surface area contributed by atoms with E-state index in [1.54, 1.807) is 16.2 Å². The summed E-state index contributed by atoms with van der Waals surface area (Å²) < 4.78 is 3.13. The quantitative estimate of drug-likeness (QED) is 0.675. The number of thiophene rings is 1. The number of nitrogens with zero attached hydrogens (tertiary/aromatic N) is 2. The molecule has 1 saturated carbocycles. The number of hydrogen-bond donors (Lipinski definition) is 1. The third-order valence-electron chi connectivity index (χ3n) is 6.82. The summed E-state index contributed by atoms with van der Waals surface area (Å²) in [5.41, 5.74) is 2.98. The number of carbonyl (C=O) groups is 2. The molecular weight excluding hydrogens is 394 g/mol. The number of carbonyl (C=O) groups excluding carboxylic acids is 2. The van der Waals surface area contributed by atoms with Gasteiger partial charge in [0, 0.05) is 12.6 Å². The summed E-state index contributed by atoms with van der Waals surface area (Å²) in [5.74, 6) is -0.115. The van der Waals surface area contributed by atoms with E-state index in [1.165, 1.54) is 0 Å². The van der Waals surface area contributed by atoms with Crippen molar-refractivity contribution in [3.63, 3.8) is 0 Å². The summed E-state index contributed by atoms with van der Waals surface area (Å²) in [6.45, 7) is 4.88. The third kappa shape index (κ3) is 3.05. The Balaban J connectivity index is 1.57. The van der Waals surface area contributed by atoms with Gasteiger partial charge in [-0.2, -0.15) is 0 Å². The van der Waals surface area contributed by atoms with Crippen molar-refractivity contribution in [1.82, 2.24) is 14.8 Å². The van der Waals surface area contributed by atoms with Crippen molar-refractivity contribution in [2.45, 2.75) is 64.2 Å². The van der Waals surface area contributed by atoms with E-state index in [1.807, 2.05) is 47.2 Å². The van der Waals surface area contributed by atoms with Crippen molar-refractivity contribution in [2.24, 2.45) is 0 Å². The molecule has 1 atom stereocenters. The summed E-state index contributed by atoms with van der Waals surface area (Å²) >= 11 is 1.63. The predicted octanol–water partition coefficient (Wildman–Crippen LogP) is 4.48. The van der Waals surface area contributed by atoms with Gasteiger partial charge in [-0.15, -0.1) is 11.3 Å². The fourth-order valence-corrected chi connectivity index (χ4v) is 5.71. The second-order valence-corrected chi connectivity index (χ2v) is 9.78. The van der Waals surface area contributed by atoms with Crippen LogP contribution >= 0.6 is 11.3 Å².